The molecule has 1 aliphatic carbocycles. The topological polar surface area (TPSA) is 104 Å². The summed E-state index contributed by atoms with van der Waals surface area (Å²) in [4.78, 5) is 20.5. The Kier molecular flexibility index (Phi) is 6.65. The van der Waals surface area contributed by atoms with E-state index in [4.69, 9.17) is 5.10 Å². The Bertz CT molecular complexity index is 1540. The van der Waals surface area contributed by atoms with Crippen molar-refractivity contribution in [1.82, 2.24) is 29.3 Å². The van der Waals surface area contributed by atoms with Gasteiger partial charge in [0.1, 0.15) is 12.0 Å². The summed E-state index contributed by atoms with van der Waals surface area (Å²) < 4.78 is 3.46. The summed E-state index contributed by atoms with van der Waals surface area (Å²) in [6.45, 7) is 5.28. The third kappa shape index (κ3) is 4.92. The first-order valence-electron chi connectivity index (χ1n) is 13.8. The number of hydrogen-bond donors (Lipinski definition) is 1. The highest BCUT2D eigenvalue weighted by atomic mass is 16.2. The fourth-order valence-corrected chi connectivity index (χ4v) is 6.37. The van der Waals surface area contributed by atoms with Crippen molar-refractivity contribution in [2.45, 2.75) is 51.0 Å². The predicted molar refractivity (Wildman–Crippen MR) is 148 cm³/mol. The van der Waals surface area contributed by atoms with Crippen molar-refractivity contribution in [3.05, 3.63) is 77.6 Å². The number of aromatic nitrogens is 5. The lowest BCUT2D eigenvalue weighted by molar-refractivity contribution is 0.102. The molecule has 1 N–H and O–H groups in total. The third-order valence-corrected chi connectivity index (χ3v) is 8.25. The Morgan fingerprint density at radius 1 is 1.18 bits per heavy atom. The number of carbonyl (C=O) groups is 1. The molecular weight excluding hydrogens is 488 g/mol. The van der Waals surface area contributed by atoms with Crippen LogP contribution in [0.5, 0.6) is 0 Å². The highest BCUT2D eigenvalue weighted by molar-refractivity contribution is 6.03. The largest absolute Gasteiger partial charge is 0.321 e. The zero-order valence-electron chi connectivity index (χ0n) is 22.5. The van der Waals surface area contributed by atoms with Crippen LogP contribution in [0.4, 0.5) is 5.69 Å². The summed E-state index contributed by atoms with van der Waals surface area (Å²) in [7, 11) is 1.86. The molecule has 9 nitrogen and oxygen atoms in total. The maximum Gasteiger partial charge on any atom is 0.274 e. The molecule has 3 aromatic heterocycles. The number of fused-ring (bicyclic) bond motifs is 1. The van der Waals surface area contributed by atoms with E-state index in [1.165, 1.54) is 12.8 Å². The Morgan fingerprint density at radius 3 is 2.79 bits per heavy atom. The van der Waals surface area contributed by atoms with Gasteiger partial charge in [-0.3, -0.25) is 14.4 Å². The zero-order valence-corrected chi connectivity index (χ0v) is 22.5. The minimum atomic E-state index is -0.355. The summed E-state index contributed by atoms with van der Waals surface area (Å²) in [6, 6.07) is 18.0. The minimum absolute atomic E-state index is 0.208. The molecule has 0 radical (unpaired) electrons. The zero-order chi connectivity index (χ0) is 27.0. The average molecular weight is 523 g/mol. The number of rotatable bonds is 7. The molecule has 0 spiro atoms. The fraction of sp³-hybridized carbons (Fsp3) is 0.433. The van der Waals surface area contributed by atoms with E-state index in [2.05, 4.69) is 45.4 Å². The summed E-state index contributed by atoms with van der Waals surface area (Å²) in [5, 5.41) is 21.7. The molecule has 1 saturated carbocycles. The van der Waals surface area contributed by atoms with E-state index in [9.17, 15) is 10.1 Å². The van der Waals surface area contributed by atoms with Crippen LogP contribution in [-0.2, 0) is 19.0 Å². The fourth-order valence-electron chi connectivity index (χ4n) is 6.37. The molecule has 9 heteroatoms. The van der Waals surface area contributed by atoms with Gasteiger partial charge in [0.2, 0.25) is 0 Å². The lowest BCUT2D eigenvalue weighted by atomic mass is 9.57. The van der Waals surface area contributed by atoms with Crippen LogP contribution in [0.25, 0.3) is 5.52 Å². The van der Waals surface area contributed by atoms with E-state index in [1.54, 1.807) is 15.5 Å². The van der Waals surface area contributed by atoms with Crippen LogP contribution in [-0.4, -0.2) is 48.3 Å². The summed E-state index contributed by atoms with van der Waals surface area (Å²) >= 11 is 0. The maximum atomic E-state index is 13.5. The standard InChI is InChI=1S/C30H34N8O/c1-21-6-5-13-37(18-21)19-25-15-26-9-4-10-27(38(26)34-25)28(39)33-24-8-3-7-23(14-24)30(16-22(17-30)11-12-31)29-32-20-36(2)35-29/h3-4,7-10,14-15,20-22H,5-6,11,13,16-19H2,1-2H3,(H,33,39)/t21-,22?,30?/m0/s1. The number of piperidine rings is 1. The van der Waals surface area contributed by atoms with Crippen LogP contribution < -0.4 is 5.32 Å². The first-order valence-corrected chi connectivity index (χ1v) is 13.8. The van der Waals surface area contributed by atoms with Crippen molar-refractivity contribution in [2.75, 3.05) is 18.4 Å². The molecule has 1 amide bonds. The second-order valence-corrected chi connectivity index (χ2v) is 11.4. The van der Waals surface area contributed by atoms with Crippen molar-refractivity contribution < 1.29 is 4.79 Å². The molecule has 6 rings (SSSR count). The minimum Gasteiger partial charge on any atom is -0.321 e. The van der Waals surface area contributed by atoms with Gasteiger partial charge in [-0.05, 0) is 80.0 Å². The van der Waals surface area contributed by atoms with Crippen LogP contribution in [0, 0.1) is 23.2 Å². The van der Waals surface area contributed by atoms with E-state index < -0.39 is 0 Å². The van der Waals surface area contributed by atoms with Gasteiger partial charge in [0.05, 0.1) is 22.7 Å². The monoisotopic (exact) mass is 522 g/mol. The van der Waals surface area contributed by atoms with Gasteiger partial charge in [-0.2, -0.15) is 15.5 Å². The number of aryl methyl sites for hydroxylation is 1. The number of amides is 1. The van der Waals surface area contributed by atoms with Crippen LogP contribution in [0.15, 0.2) is 54.9 Å². The molecule has 0 bridgehead atoms. The van der Waals surface area contributed by atoms with Gasteiger partial charge in [-0.25, -0.2) is 9.50 Å². The molecule has 200 valence electrons. The molecule has 39 heavy (non-hydrogen) atoms. The number of pyridine rings is 1. The van der Waals surface area contributed by atoms with Gasteiger partial charge in [0, 0.05) is 32.2 Å². The molecule has 2 fully saturated rings. The number of hydrogen-bond acceptors (Lipinski definition) is 6. The predicted octanol–water partition coefficient (Wildman–Crippen LogP) is 4.56. The van der Waals surface area contributed by atoms with E-state index in [0.717, 1.165) is 55.1 Å². The van der Waals surface area contributed by atoms with Crippen molar-refractivity contribution in [2.24, 2.45) is 18.9 Å². The lowest BCUT2D eigenvalue weighted by Crippen LogP contribution is -2.43. The average Bonchev–Trinajstić information content (AvgIpc) is 3.51. The molecule has 4 aromatic rings. The first kappa shape index (κ1) is 25.3. The first-order chi connectivity index (χ1) is 18.9. The Balaban J connectivity index is 1.23. The highest BCUT2D eigenvalue weighted by Crippen LogP contribution is 2.52. The number of nitrogens with zero attached hydrogens (tertiary/aromatic N) is 7. The lowest BCUT2D eigenvalue weighted by Gasteiger charge is -2.45. The second kappa shape index (κ2) is 10.3. The second-order valence-electron chi connectivity index (χ2n) is 11.4. The number of nitriles is 1. The number of anilines is 1. The van der Waals surface area contributed by atoms with Gasteiger partial charge >= 0.3 is 0 Å². The van der Waals surface area contributed by atoms with Crippen molar-refractivity contribution in [1.29, 1.82) is 5.26 Å². The molecule has 2 aliphatic rings. The summed E-state index contributed by atoms with van der Waals surface area (Å²) in [6.07, 6.45) is 6.37. The maximum absolute atomic E-state index is 13.5. The van der Waals surface area contributed by atoms with Crippen molar-refractivity contribution in [3.8, 4) is 6.07 Å². The van der Waals surface area contributed by atoms with Crippen molar-refractivity contribution in [3.63, 3.8) is 0 Å². The number of nitrogens with one attached hydrogen (secondary N) is 1. The molecule has 1 saturated heterocycles. The SMILES string of the molecule is C[C@H]1CCCN(Cc2cc3cccc(C(=O)Nc4cccc(C5(c6ncn(C)n6)CC(CC#N)C5)c4)n3n2)C1. The Labute approximate surface area is 228 Å². The molecular formula is C30H34N8O. The Hall–Kier alpha value is -4.03. The van der Waals surface area contributed by atoms with Gasteiger partial charge in [-0.1, -0.05) is 25.1 Å². The third-order valence-electron chi connectivity index (χ3n) is 8.25. The van der Waals surface area contributed by atoms with E-state index in [1.807, 2.05) is 43.4 Å². The van der Waals surface area contributed by atoms with Crippen LogP contribution in [0.1, 0.15) is 66.6 Å². The van der Waals surface area contributed by atoms with Gasteiger partial charge in [-0.15, -0.1) is 0 Å². The highest BCUT2D eigenvalue weighted by Gasteiger charge is 2.49. The quantitative estimate of drug-likeness (QED) is 0.382. The van der Waals surface area contributed by atoms with Gasteiger partial charge in [0.25, 0.3) is 5.91 Å². The smallest absolute Gasteiger partial charge is 0.274 e. The van der Waals surface area contributed by atoms with Gasteiger partial charge < -0.3 is 5.32 Å². The van der Waals surface area contributed by atoms with Crippen LogP contribution in [0.2, 0.25) is 0 Å². The van der Waals surface area contributed by atoms with E-state index in [0.29, 0.717) is 29.6 Å². The van der Waals surface area contributed by atoms with E-state index >= 15 is 0 Å². The number of likely N-dealkylation sites (tertiary alicyclic amines) is 1. The summed E-state index contributed by atoms with van der Waals surface area (Å²) in [5.74, 6) is 1.58. The van der Waals surface area contributed by atoms with Crippen LogP contribution in [0.3, 0.4) is 0 Å². The summed E-state index contributed by atoms with van der Waals surface area (Å²) in [5.41, 5.74) is 3.80. The number of benzene rings is 1. The molecule has 1 aliphatic heterocycles. The number of carbonyl (C=O) groups excluding carboxylic acids is 1. The molecule has 4 heterocycles. The van der Waals surface area contributed by atoms with E-state index in [-0.39, 0.29) is 11.3 Å². The molecule has 1 atom stereocenters. The van der Waals surface area contributed by atoms with Gasteiger partial charge in [0.15, 0.2) is 5.82 Å². The normalized spacial score (nSPS) is 23.3. The molecule has 1 aromatic carbocycles. The van der Waals surface area contributed by atoms with Crippen LogP contribution >= 0.6 is 0 Å². The Morgan fingerprint density at radius 2 is 2.03 bits per heavy atom. The van der Waals surface area contributed by atoms with Crippen molar-refractivity contribution >= 4 is 17.1 Å². The molecule has 0 unspecified atom stereocenters.